The first kappa shape index (κ1) is 24.0. The van der Waals surface area contributed by atoms with Gasteiger partial charge >= 0.3 is 11.4 Å². The third-order valence-corrected chi connectivity index (χ3v) is 6.88. The fourth-order valence-electron chi connectivity index (χ4n) is 2.50. The lowest BCUT2D eigenvalue weighted by Crippen LogP contribution is -2.09. The van der Waals surface area contributed by atoms with Crippen LogP contribution in [0.5, 0.6) is 11.5 Å². The molecule has 12 heteroatoms. The minimum atomic E-state index is -1.74. The highest BCUT2D eigenvalue weighted by atomic mass is 32.2. The standard InChI is InChI=1S/C19H18N2O8S2/c1-28-18-5-3-14(11-16(18)20(22)23)7-9-30(26)13-31(27)10-8-15-4-6-19(29-2)17(12-15)21(24)25/h3-6,11-12H,7,9,13H2,1-2H3. The van der Waals surface area contributed by atoms with Crippen LogP contribution in [-0.4, -0.2) is 43.3 Å². The van der Waals surface area contributed by atoms with Gasteiger partial charge in [0, 0.05) is 39.5 Å². The summed E-state index contributed by atoms with van der Waals surface area (Å²) in [5.74, 6) is 2.92. The zero-order valence-electron chi connectivity index (χ0n) is 16.6. The molecule has 2 atom stereocenters. The van der Waals surface area contributed by atoms with E-state index < -0.39 is 31.4 Å². The van der Waals surface area contributed by atoms with Crippen LogP contribution >= 0.6 is 0 Å². The zero-order chi connectivity index (χ0) is 23.0. The molecule has 2 aromatic carbocycles. The van der Waals surface area contributed by atoms with Crippen LogP contribution in [0.4, 0.5) is 11.4 Å². The number of methoxy groups -OCH3 is 2. The third-order valence-electron chi connectivity index (χ3n) is 3.98. The second-order valence-corrected chi connectivity index (χ2v) is 9.12. The van der Waals surface area contributed by atoms with Crippen molar-refractivity contribution in [3.8, 4) is 22.7 Å². The van der Waals surface area contributed by atoms with E-state index in [1.807, 2.05) is 0 Å². The first-order chi connectivity index (χ1) is 14.7. The number of nitrogens with zero attached hydrogens (tertiary/aromatic N) is 2. The van der Waals surface area contributed by atoms with Gasteiger partial charge in [0.05, 0.1) is 24.1 Å². The van der Waals surface area contributed by atoms with E-state index >= 15 is 0 Å². The van der Waals surface area contributed by atoms with Crippen molar-refractivity contribution in [2.45, 2.75) is 6.42 Å². The Kier molecular flexibility index (Phi) is 8.65. The lowest BCUT2D eigenvalue weighted by molar-refractivity contribution is -0.385. The Labute approximate surface area is 182 Å². The summed E-state index contributed by atoms with van der Waals surface area (Å²) >= 11 is 0. The van der Waals surface area contributed by atoms with E-state index in [0.717, 1.165) is 0 Å². The maximum absolute atomic E-state index is 12.2. The summed E-state index contributed by atoms with van der Waals surface area (Å²) in [6, 6.07) is 8.53. The molecular weight excluding hydrogens is 448 g/mol. The van der Waals surface area contributed by atoms with E-state index in [1.165, 1.54) is 44.6 Å². The molecule has 164 valence electrons. The maximum Gasteiger partial charge on any atom is 0.312 e. The summed E-state index contributed by atoms with van der Waals surface area (Å²) in [6.45, 7) is 0. The molecule has 0 aliphatic heterocycles. The molecule has 0 bridgehead atoms. The molecule has 0 aliphatic carbocycles. The monoisotopic (exact) mass is 466 g/mol. The Bertz CT molecular complexity index is 1110. The molecular formula is C19H18N2O8S2. The second kappa shape index (κ2) is 11.2. The summed E-state index contributed by atoms with van der Waals surface area (Å²) in [6.07, 6.45) is 0.284. The maximum atomic E-state index is 12.2. The van der Waals surface area contributed by atoms with Crippen molar-refractivity contribution in [3.63, 3.8) is 0 Å². The molecule has 0 saturated heterocycles. The molecule has 31 heavy (non-hydrogen) atoms. The van der Waals surface area contributed by atoms with Crippen LogP contribution in [0, 0.1) is 31.4 Å². The van der Waals surface area contributed by atoms with Gasteiger partial charge in [-0.3, -0.25) is 24.4 Å². The topological polar surface area (TPSA) is 139 Å². The van der Waals surface area contributed by atoms with Crippen molar-refractivity contribution >= 4 is 33.0 Å². The predicted molar refractivity (Wildman–Crippen MR) is 116 cm³/mol. The van der Waals surface area contributed by atoms with Crippen molar-refractivity contribution in [2.75, 3.05) is 25.1 Å². The summed E-state index contributed by atoms with van der Waals surface area (Å²) in [5, 5.41) is 24.3. The van der Waals surface area contributed by atoms with Crippen LogP contribution in [0.3, 0.4) is 0 Å². The van der Waals surface area contributed by atoms with Crippen molar-refractivity contribution in [2.24, 2.45) is 0 Å². The molecule has 0 fully saturated rings. The summed E-state index contributed by atoms with van der Waals surface area (Å²) < 4.78 is 34.1. The van der Waals surface area contributed by atoms with Crippen LogP contribution < -0.4 is 9.47 Å². The molecule has 0 heterocycles. The average Bonchev–Trinajstić information content (AvgIpc) is 2.75. The molecule has 2 aromatic rings. The fraction of sp³-hybridized carbons (Fsp3) is 0.263. The lowest BCUT2D eigenvalue weighted by atomic mass is 10.1. The predicted octanol–water partition coefficient (Wildman–Crippen LogP) is 2.53. The van der Waals surface area contributed by atoms with Crippen LogP contribution in [-0.2, 0) is 28.0 Å². The van der Waals surface area contributed by atoms with Crippen molar-refractivity contribution in [1.29, 1.82) is 0 Å². The summed E-state index contributed by atoms with van der Waals surface area (Å²) in [5.41, 5.74) is 0.423. The van der Waals surface area contributed by atoms with E-state index in [1.54, 1.807) is 6.07 Å². The van der Waals surface area contributed by atoms with E-state index in [9.17, 15) is 28.6 Å². The molecule has 0 aliphatic rings. The zero-order valence-corrected chi connectivity index (χ0v) is 18.2. The molecule has 10 nitrogen and oxygen atoms in total. The van der Waals surface area contributed by atoms with E-state index in [-0.39, 0.29) is 45.7 Å². The van der Waals surface area contributed by atoms with Crippen LogP contribution in [0.25, 0.3) is 0 Å². The van der Waals surface area contributed by atoms with Crippen LogP contribution in [0.15, 0.2) is 36.4 Å². The number of ether oxygens (including phenoxy) is 2. The summed E-state index contributed by atoms with van der Waals surface area (Å²) in [7, 11) is -0.583. The van der Waals surface area contributed by atoms with E-state index in [0.29, 0.717) is 5.56 Å². The Morgan fingerprint density at radius 1 is 0.935 bits per heavy atom. The molecule has 0 amide bonds. The number of nitro groups is 2. The Morgan fingerprint density at radius 3 is 2.10 bits per heavy atom. The Hall–Kier alpha value is -3.30. The molecule has 0 spiro atoms. The number of hydrogen-bond acceptors (Lipinski definition) is 8. The van der Waals surface area contributed by atoms with Gasteiger partial charge in [-0.1, -0.05) is 12.0 Å². The van der Waals surface area contributed by atoms with E-state index in [4.69, 9.17) is 9.47 Å². The minimum Gasteiger partial charge on any atom is -0.490 e. The van der Waals surface area contributed by atoms with E-state index in [2.05, 4.69) is 11.2 Å². The molecule has 0 radical (unpaired) electrons. The molecule has 2 rings (SSSR count). The number of rotatable bonds is 9. The number of nitro benzene ring substituents is 2. The fourth-order valence-corrected chi connectivity index (χ4v) is 4.86. The lowest BCUT2D eigenvalue weighted by Gasteiger charge is -2.05. The number of aryl methyl sites for hydroxylation is 1. The SMILES string of the molecule is COc1ccc(C#CS(=O)CS(=O)CCc2ccc(OC)c([N+](=O)[O-])c2)cc1[N+](=O)[O-]. The molecule has 0 saturated carbocycles. The molecule has 0 aromatic heterocycles. The highest BCUT2D eigenvalue weighted by Crippen LogP contribution is 2.28. The van der Waals surface area contributed by atoms with Crippen molar-refractivity contribution < 1.29 is 27.7 Å². The number of benzene rings is 2. The smallest absolute Gasteiger partial charge is 0.312 e. The van der Waals surface area contributed by atoms with Gasteiger partial charge in [0.2, 0.25) is 0 Å². The molecule has 2 unspecified atom stereocenters. The third kappa shape index (κ3) is 6.87. The van der Waals surface area contributed by atoms with Crippen molar-refractivity contribution in [1.82, 2.24) is 0 Å². The van der Waals surface area contributed by atoms with Gasteiger partial charge in [0.15, 0.2) is 11.5 Å². The Balaban J connectivity index is 1.98. The summed E-state index contributed by atoms with van der Waals surface area (Å²) in [4.78, 5) is 20.9. The largest absolute Gasteiger partial charge is 0.490 e. The second-order valence-electron chi connectivity index (χ2n) is 5.99. The Morgan fingerprint density at radius 2 is 1.52 bits per heavy atom. The minimum absolute atomic E-state index is 0.0801. The van der Waals surface area contributed by atoms with Crippen LogP contribution in [0.1, 0.15) is 11.1 Å². The highest BCUT2D eigenvalue weighted by Gasteiger charge is 2.16. The van der Waals surface area contributed by atoms with Gasteiger partial charge in [-0.15, -0.1) is 0 Å². The van der Waals surface area contributed by atoms with Gasteiger partial charge in [0.1, 0.15) is 15.9 Å². The normalized spacial score (nSPS) is 12.2. The van der Waals surface area contributed by atoms with Crippen molar-refractivity contribution in [3.05, 3.63) is 67.8 Å². The number of hydrogen-bond donors (Lipinski definition) is 0. The van der Waals surface area contributed by atoms with Gasteiger partial charge in [0.25, 0.3) is 0 Å². The average molecular weight is 466 g/mol. The first-order valence-corrected chi connectivity index (χ1v) is 11.4. The first-order valence-electron chi connectivity index (χ1n) is 8.64. The van der Waals surface area contributed by atoms with Gasteiger partial charge in [-0.05, 0) is 30.2 Å². The molecule has 0 N–H and O–H groups in total. The highest BCUT2D eigenvalue weighted by molar-refractivity contribution is 8.04. The van der Waals surface area contributed by atoms with Gasteiger partial charge in [-0.2, -0.15) is 0 Å². The van der Waals surface area contributed by atoms with Gasteiger partial charge < -0.3 is 9.47 Å². The van der Waals surface area contributed by atoms with Crippen LogP contribution in [0.2, 0.25) is 0 Å². The van der Waals surface area contributed by atoms with Gasteiger partial charge in [-0.25, -0.2) is 4.21 Å². The quantitative estimate of drug-likeness (QED) is 0.312.